The maximum Gasteiger partial charge on any atom is 0.270 e. The number of non-ortho nitro benzene ring substituents is 1. The Bertz CT molecular complexity index is 716. The second kappa shape index (κ2) is 6.58. The van der Waals surface area contributed by atoms with E-state index in [9.17, 15) is 10.1 Å². The van der Waals surface area contributed by atoms with E-state index in [1.165, 1.54) is 12.1 Å². The minimum atomic E-state index is -0.422. The summed E-state index contributed by atoms with van der Waals surface area (Å²) in [7, 11) is 0. The van der Waals surface area contributed by atoms with Gasteiger partial charge in [0.05, 0.1) is 11.1 Å². The van der Waals surface area contributed by atoms with Gasteiger partial charge >= 0.3 is 0 Å². The molecule has 0 amide bonds. The Kier molecular flexibility index (Phi) is 4.57. The molecule has 0 radical (unpaired) electrons. The van der Waals surface area contributed by atoms with Gasteiger partial charge in [-0.1, -0.05) is 36.4 Å². The first-order valence-electron chi connectivity index (χ1n) is 6.00. The number of nitrogens with zero attached hydrogens (tertiary/aromatic N) is 2. The number of hydrogen-bond donors (Lipinski definition) is 2. The van der Waals surface area contributed by atoms with Crippen molar-refractivity contribution in [1.82, 2.24) is 5.43 Å². The van der Waals surface area contributed by atoms with E-state index >= 15 is 0 Å². The zero-order chi connectivity index (χ0) is 15.2. The Hall–Kier alpha value is -2.80. The molecule has 3 N–H and O–H groups in total. The number of nitrogens with two attached hydrogens (primary N) is 1. The number of hydrogen-bond acceptors (Lipinski definition) is 4. The van der Waals surface area contributed by atoms with Gasteiger partial charge < -0.3 is 5.73 Å². The van der Waals surface area contributed by atoms with E-state index in [-0.39, 0.29) is 10.8 Å². The first-order valence-corrected chi connectivity index (χ1v) is 6.41. The normalized spacial score (nSPS) is 10.5. The summed E-state index contributed by atoms with van der Waals surface area (Å²) in [5.41, 5.74) is 10.2. The third kappa shape index (κ3) is 3.83. The maximum atomic E-state index is 10.9. The molecule has 0 spiro atoms. The molecule has 0 aliphatic heterocycles. The van der Waals surface area contributed by atoms with Crippen molar-refractivity contribution < 1.29 is 4.92 Å². The molecule has 0 atom stereocenters. The van der Waals surface area contributed by atoms with E-state index in [4.69, 9.17) is 5.73 Å². The van der Waals surface area contributed by atoms with Crippen molar-refractivity contribution >= 4 is 29.2 Å². The van der Waals surface area contributed by atoms with Gasteiger partial charge in [-0.15, -0.1) is 0 Å². The lowest BCUT2D eigenvalue weighted by atomic mass is 10.00. The summed E-state index contributed by atoms with van der Waals surface area (Å²) in [6.45, 7) is 0. The van der Waals surface area contributed by atoms with Crippen LogP contribution in [0, 0.1) is 10.1 Å². The molecular weight excluding hydrogens is 288 g/mol. The van der Waals surface area contributed by atoms with Crippen LogP contribution in [0.15, 0.2) is 53.6 Å². The summed E-state index contributed by atoms with van der Waals surface area (Å²) in [6, 6.07) is 13.8. The number of rotatable bonds is 4. The van der Waals surface area contributed by atoms with Gasteiger partial charge in [0.1, 0.15) is 0 Å². The van der Waals surface area contributed by atoms with Crippen LogP contribution < -0.4 is 11.2 Å². The van der Waals surface area contributed by atoms with E-state index in [0.29, 0.717) is 0 Å². The molecule has 6 nitrogen and oxygen atoms in total. The first-order chi connectivity index (χ1) is 10.1. The van der Waals surface area contributed by atoms with Crippen LogP contribution in [0.3, 0.4) is 0 Å². The summed E-state index contributed by atoms with van der Waals surface area (Å²) in [5, 5.41) is 14.8. The Morgan fingerprint density at radius 1 is 1.29 bits per heavy atom. The maximum absolute atomic E-state index is 10.9. The average molecular weight is 300 g/mol. The van der Waals surface area contributed by atoms with Gasteiger partial charge in [-0.3, -0.25) is 15.5 Å². The molecule has 0 saturated carbocycles. The molecule has 0 aromatic heterocycles. The van der Waals surface area contributed by atoms with Gasteiger partial charge in [0.25, 0.3) is 5.69 Å². The molecule has 0 unspecified atom stereocenters. The Labute approximate surface area is 126 Å². The van der Waals surface area contributed by atoms with Crippen LogP contribution in [0.1, 0.15) is 5.56 Å². The summed E-state index contributed by atoms with van der Waals surface area (Å²) < 4.78 is 0. The summed E-state index contributed by atoms with van der Waals surface area (Å²) >= 11 is 4.66. The molecular formula is C14H12N4O2S. The lowest BCUT2D eigenvalue weighted by Crippen LogP contribution is -2.24. The predicted molar refractivity (Wildman–Crippen MR) is 86.0 cm³/mol. The van der Waals surface area contributed by atoms with Crippen molar-refractivity contribution in [2.75, 3.05) is 0 Å². The molecule has 0 heterocycles. The van der Waals surface area contributed by atoms with Gasteiger partial charge in [0, 0.05) is 17.7 Å². The molecule has 2 rings (SSSR count). The van der Waals surface area contributed by atoms with Crippen LogP contribution in [-0.4, -0.2) is 16.3 Å². The number of benzene rings is 2. The van der Waals surface area contributed by atoms with Gasteiger partial charge in [-0.2, -0.15) is 5.10 Å². The van der Waals surface area contributed by atoms with Gasteiger partial charge in [-0.25, -0.2) is 0 Å². The van der Waals surface area contributed by atoms with Crippen molar-refractivity contribution in [1.29, 1.82) is 0 Å². The van der Waals surface area contributed by atoms with Crippen LogP contribution in [0.25, 0.3) is 11.1 Å². The third-order valence-corrected chi connectivity index (χ3v) is 2.80. The van der Waals surface area contributed by atoms with E-state index < -0.39 is 4.92 Å². The van der Waals surface area contributed by atoms with E-state index in [2.05, 4.69) is 22.7 Å². The van der Waals surface area contributed by atoms with E-state index in [0.717, 1.165) is 16.7 Å². The minimum Gasteiger partial charge on any atom is -0.375 e. The molecule has 106 valence electrons. The Morgan fingerprint density at radius 3 is 2.76 bits per heavy atom. The van der Waals surface area contributed by atoms with Crippen molar-refractivity contribution in [3.05, 3.63) is 64.2 Å². The zero-order valence-corrected chi connectivity index (χ0v) is 11.7. The quantitative estimate of drug-likeness (QED) is 0.391. The highest BCUT2D eigenvalue weighted by atomic mass is 32.1. The second-order valence-electron chi connectivity index (χ2n) is 4.13. The first kappa shape index (κ1) is 14.6. The molecule has 0 bridgehead atoms. The summed E-state index contributed by atoms with van der Waals surface area (Å²) in [4.78, 5) is 10.4. The summed E-state index contributed by atoms with van der Waals surface area (Å²) in [5.74, 6) is 0. The molecule has 2 aromatic rings. The van der Waals surface area contributed by atoms with Crippen LogP contribution in [-0.2, 0) is 0 Å². The molecule has 0 aliphatic carbocycles. The lowest BCUT2D eigenvalue weighted by molar-refractivity contribution is -0.384. The topological polar surface area (TPSA) is 93.5 Å². The van der Waals surface area contributed by atoms with E-state index in [1.807, 2.05) is 24.3 Å². The van der Waals surface area contributed by atoms with Crippen molar-refractivity contribution in [3.8, 4) is 11.1 Å². The number of hydrazone groups is 1. The zero-order valence-electron chi connectivity index (χ0n) is 10.9. The van der Waals surface area contributed by atoms with Crippen molar-refractivity contribution in [2.24, 2.45) is 10.8 Å². The predicted octanol–water partition coefficient (Wildman–Crippen LogP) is 2.43. The molecule has 0 saturated heterocycles. The smallest absolute Gasteiger partial charge is 0.270 e. The number of nitro groups is 1. The molecule has 0 aliphatic rings. The fraction of sp³-hybridized carbons (Fsp3) is 0. The Morgan fingerprint density at radius 2 is 2.05 bits per heavy atom. The average Bonchev–Trinajstić information content (AvgIpc) is 2.47. The van der Waals surface area contributed by atoms with Gasteiger partial charge in [0.15, 0.2) is 5.11 Å². The largest absolute Gasteiger partial charge is 0.375 e. The standard InChI is InChI=1S/C14H12N4O2S/c15-14(21)17-16-9-11-4-1-2-7-13(11)10-5-3-6-12(8-10)18(19)20/h1-9H,(H3,15,17,21). The highest BCUT2D eigenvalue weighted by Gasteiger charge is 2.09. The fourth-order valence-corrected chi connectivity index (χ4v) is 1.88. The van der Waals surface area contributed by atoms with Crippen LogP contribution in [0.5, 0.6) is 0 Å². The lowest BCUT2D eigenvalue weighted by Gasteiger charge is -2.06. The number of nitro benzene ring substituents is 1. The highest BCUT2D eigenvalue weighted by molar-refractivity contribution is 7.80. The van der Waals surface area contributed by atoms with Gasteiger partial charge in [-0.05, 0) is 23.3 Å². The van der Waals surface area contributed by atoms with Crippen molar-refractivity contribution in [3.63, 3.8) is 0 Å². The third-order valence-electron chi connectivity index (χ3n) is 2.71. The molecule has 2 aromatic carbocycles. The highest BCUT2D eigenvalue weighted by Crippen LogP contribution is 2.26. The second-order valence-corrected chi connectivity index (χ2v) is 4.57. The molecule has 0 fully saturated rings. The van der Waals surface area contributed by atoms with Crippen molar-refractivity contribution in [2.45, 2.75) is 0 Å². The van der Waals surface area contributed by atoms with Crippen LogP contribution in [0.4, 0.5) is 5.69 Å². The van der Waals surface area contributed by atoms with E-state index in [1.54, 1.807) is 18.3 Å². The van der Waals surface area contributed by atoms with Gasteiger partial charge in [0.2, 0.25) is 0 Å². The summed E-state index contributed by atoms with van der Waals surface area (Å²) in [6.07, 6.45) is 1.56. The van der Waals surface area contributed by atoms with Crippen LogP contribution >= 0.6 is 12.2 Å². The SMILES string of the molecule is NC(=S)NN=Cc1ccccc1-c1cccc([N+](=O)[O-])c1. The molecule has 7 heteroatoms. The minimum absolute atomic E-state index is 0.0421. The number of nitrogens with one attached hydrogen (secondary N) is 1. The fourth-order valence-electron chi connectivity index (χ4n) is 1.82. The monoisotopic (exact) mass is 300 g/mol. The number of thiocarbonyl (C=S) groups is 1. The Balaban J connectivity index is 2.40. The molecule has 21 heavy (non-hydrogen) atoms. The van der Waals surface area contributed by atoms with Crippen LogP contribution in [0.2, 0.25) is 0 Å².